The quantitative estimate of drug-likeness (QED) is 0.324. The summed E-state index contributed by atoms with van der Waals surface area (Å²) in [5, 5.41) is 14.3. The van der Waals surface area contributed by atoms with Crippen LogP contribution >= 0.6 is 0 Å². The minimum atomic E-state index is -3.83. The molecule has 0 aromatic heterocycles. The highest BCUT2D eigenvalue weighted by atomic mass is 32.2. The molecule has 0 radical (unpaired) electrons. The van der Waals surface area contributed by atoms with Gasteiger partial charge in [-0.25, -0.2) is 13.1 Å². The molecule has 9 nitrogen and oxygen atoms in total. The Morgan fingerprint density at radius 1 is 1.10 bits per heavy atom. The highest BCUT2D eigenvalue weighted by Crippen LogP contribution is 2.27. The number of rotatable bonds is 11. The molecule has 2 N–H and O–H groups in total. The molecule has 0 aliphatic heterocycles. The van der Waals surface area contributed by atoms with Crippen LogP contribution in [0.25, 0.3) is 0 Å². The number of ether oxygens (including phenoxy) is 1. The van der Waals surface area contributed by atoms with Crippen molar-refractivity contribution in [1.82, 2.24) is 9.62 Å². The van der Waals surface area contributed by atoms with E-state index in [-0.39, 0.29) is 22.8 Å². The second kappa shape index (κ2) is 10.2. The van der Waals surface area contributed by atoms with Gasteiger partial charge in [0.15, 0.2) is 0 Å². The second-order valence-electron chi connectivity index (χ2n) is 6.73. The maximum absolute atomic E-state index is 12.3. The summed E-state index contributed by atoms with van der Waals surface area (Å²) in [6.45, 7) is 3.32. The van der Waals surface area contributed by atoms with Crippen molar-refractivity contribution in [2.75, 3.05) is 45.7 Å². The summed E-state index contributed by atoms with van der Waals surface area (Å²) in [6.07, 6.45) is 0. The Labute approximate surface area is 170 Å². The van der Waals surface area contributed by atoms with Gasteiger partial charge in [0.1, 0.15) is 18.0 Å². The summed E-state index contributed by atoms with van der Waals surface area (Å²) in [7, 11) is -0.184. The zero-order valence-corrected chi connectivity index (χ0v) is 17.5. The van der Waals surface area contributed by atoms with Crippen LogP contribution in [0.15, 0.2) is 47.4 Å². The standard InChI is InChI=1S/C19H26N4O5S/c1-15-4-6-16(7-5-15)28-13-11-20-18-9-8-17(14-19(18)23(24)25)29(26,27)21-10-12-22(2)3/h4-9,14,20-21H,10-13H2,1-3H3. The summed E-state index contributed by atoms with van der Waals surface area (Å²) in [5.74, 6) is 0.706. The fourth-order valence-corrected chi connectivity index (χ4v) is 3.50. The molecule has 2 aromatic rings. The lowest BCUT2D eigenvalue weighted by Crippen LogP contribution is -2.31. The first kappa shape index (κ1) is 22.6. The van der Waals surface area contributed by atoms with Gasteiger partial charge in [0.05, 0.1) is 9.82 Å². The van der Waals surface area contributed by atoms with Crippen molar-refractivity contribution >= 4 is 21.4 Å². The Kier molecular flexibility index (Phi) is 7.94. The van der Waals surface area contributed by atoms with Gasteiger partial charge in [-0.05, 0) is 45.3 Å². The van der Waals surface area contributed by atoms with Crippen LogP contribution in [-0.4, -0.2) is 58.6 Å². The number of likely N-dealkylation sites (N-methyl/N-ethyl adjacent to an activating group) is 1. The number of aryl methyl sites for hydroxylation is 1. The third-order valence-corrected chi connectivity index (χ3v) is 5.49. The summed E-state index contributed by atoms with van der Waals surface area (Å²) in [6, 6.07) is 11.3. The number of hydrogen-bond acceptors (Lipinski definition) is 7. The summed E-state index contributed by atoms with van der Waals surface area (Å²) < 4.78 is 32.7. The van der Waals surface area contributed by atoms with Crippen LogP contribution in [0.3, 0.4) is 0 Å². The van der Waals surface area contributed by atoms with Gasteiger partial charge in [-0.15, -0.1) is 0 Å². The van der Waals surface area contributed by atoms with Crippen molar-refractivity contribution in [2.24, 2.45) is 0 Å². The molecule has 0 saturated heterocycles. The van der Waals surface area contributed by atoms with Gasteiger partial charge >= 0.3 is 0 Å². The van der Waals surface area contributed by atoms with Crippen molar-refractivity contribution in [2.45, 2.75) is 11.8 Å². The Bertz CT molecular complexity index is 930. The van der Waals surface area contributed by atoms with E-state index in [0.29, 0.717) is 25.4 Å². The van der Waals surface area contributed by atoms with Crippen LogP contribution in [-0.2, 0) is 10.0 Å². The molecule has 0 fully saturated rings. The van der Waals surface area contributed by atoms with Crippen LogP contribution in [0.5, 0.6) is 5.75 Å². The van der Waals surface area contributed by atoms with Gasteiger partial charge in [-0.1, -0.05) is 17.7 Å². The van der Waals surface area contributed by atoms with Crippen LogP contribution in [0, 0.1) is 17.0 Å². The summed E-state index contributed by atoms with van der Waals surface area (Å²) in [4.78, 5) is 12.5. The first-order valence-electron chi connectivity index (χ1n) is 9.05. The van der Waals surface area contributed by atoms with E-state index in [0.717, 1.165) is 11.6 Å². The van der Waals surface area contributed by atoms with Gasteiger partial charge in [0.25, 0.3) is 5.69 Å². The maximum Gasteiger partial charge on any atom is 0.293 e. The van der Waals surface area contributed by atoms with Crippen molar-refractivity contribution in [3.63, 3.8) is 0 Å². The van der Waals surface area contributed by atoms with E-state index in [9.17, 15) is 18.5 Å². The molecule has 0 atom stereocenters. The average Bonchev–Trinajstić information content (AvgIpc) is 2.66. The SMILES string of the molecule is Cc1ccc(OCCNc2ccc(S(=O)(=O)NCCN(C)C)cc2[N+](=O)[O-])cc1. The Morgan fingerprint density at radius 2 is 1.79 bits per heavy atom. The molecule has 29 heavy (non-hydrogen) atoms. The monoisotopic (exact) mass is 422 g/mol. The number of hydrogen-bond donors (Lipinski definition) is 2. The molecular weight excluding hydrogens is 396 g/mol. The third kappa shape index (κ3) is 7.00. The molecule has 10 heteroatoms. The lowest BCUT2D eigenvalue weighted by Gasteiger charge is -2.12. The molecule has 0 spiro atoms. The smallest absolute Gasteiger partial charge is 0.293 e. The minimum Gasteiger partial charge on any atom is -0.492 e. The number of benzene rings is 2. The van der Waals surface area contributed by atoms with Crippen molar-refractivity contribution in [3.05, 3.63) is 58.1 Å². The topological polar surface area (TPSA) is 114 Å². The maximum atomic E-state index is 12.3. The van der Waals surface area contributed by atoms with Gasteiger partial charge in [-0.3, -0.25) is 10.1 Å². The number of anilines is 1. The van der Waals surface area contributed by atoms with Gasteiger partial charge < -0.3 is 15.0 Å². The van der Waals surface area contributed by atoms with Crippen LogP contribution < -0.4 is 14.8 Å². The van der Waals surface area contributed by atoms with Crippen molar-refractivity contribution in [1.29, 1.82) is 0 Å². The third-order valence-electron chi connectivity index (χ3n) is 4.03. The van der Waals surface area contributed by atoms with E-state index in [1.54, 1.807) is 0 Å². The molecule has 0 aliphatic rings. The van der Waals surface area contributed by atoms with E-state index in [4.69, 9.17) is 4.74 Å². The van der Waals surface area contributed by atoms with Crippen LogP contribution in [0.2, 0.25) is 0 Å². The van der Waals surface area contributed by atoms with Crippen molar-refractivity contribution in [3.8, 4) is 5.75 Å². The molecule has 2 rings (SSSR count). The normalized spacial score (nSPS) is 11.4. The van der Waals surface area contributed by atoms with Gasteiger partial charge in [0, 0.05) is 25.7 Å². The second-order valence-corrected chi connectivity index (χ2v) is 8.49. The van der Waals surface area contributed by atoms with E-state index in [1.165, 1.54) is 12.1 Å². The van der Waals surface area contributed by atoms with E-state index < -0.39 is 14.9 Å². The number of sulfonamides is 1. The van der Waals surface area contributed by atoms with E-state index >= 15 is 0 Å². The van der Waals surface area contributed by atoms with E-state index in [2.05, 4.69) is 10.0 Å². The highest BCUT2D eigenvalue weighted by molar-refractivity contribution is 7.89. The van der Waals surface area contributed by atoms with E-state index in [1.807, 2.05) is 50.2 Å². The van der Waals surface area contributed by atoms with Crippen LogP contribution in [0.1, 0.15) is 5.56 Å². The Hall–Kier alpha value is -2.69. The zero-order chi connectivity index (χ0) is 21.4. The minimum absolute atomic E-state index is 0.149. The molecular formula is C19H26N4O5S. The van der Waals surface area contributed by atoms with Gasteiger partial charge in [-0.2, -0.15) is 0 Å². The fraction of sp³-hybridized carbons (Fsp3) is 0.368. The molecule has 0 unspecified atom stereocenters. The molecule has 158 valence electrons. The molecule has 0 amide bonds. The average molecular weight is 423 g/mol. The predicted molar refractivity (Wildman–Crippen MR) is 112 cm³/mol. The summed E-state index contributed by atoms with van der Waals surface area (Å²) in [5.41, 5.74) is 1.04. The lowest BCUT2D eigenvalue weighted by molar-refractivity contribution is -0.384. The number of nitrogens with one attached hydrogen (secondary N) is 2. The predicted octanol–water partition coefficient (Wildman–Crippen LogP) is 2.23. The number of nitro benzene ring substituents is 1. The summed E-state index contributed by atoms with van der Waals surface area (Å²) >= 11 is 0. The van der Waals surface area contributed by atoms with Crippen molar-refractivity contribution < 1.29 is 18.1 Å². The lowest BCUT2D eigenvalue weighted by atomic mass is 10.2. The molecule has 2 aromatic carbocycles. The fourth-order valence-electron chi connectivity index (χ4n) is 2.46. The molecule has 0 bridgehead atoms. The Morgan fingerprint density at radius 3 is 2.41 bits per heavy atom. The highest BCUT2D eigenvalue weighted by Gasteiger charge is 2.21. The molecule has 0 saturated carbocycles. The number of nitro groups is 1. The molecule has 0 heterocycles. The zero-order valence-electron chi connectivity index (χ0n) is 16.7. The van der Waals surface area contributed by atoms with Gasteiger partial charge in [0.2, 0.25) is 10.0 Å². The number of nitrogens with zero attached hydrogens (tertiary/aromatic N) is 2. The largest absolute Gasteiger partial charge is 0.492 e. The first-order valence-corrected chi connectivity index (χ1v) is 10.5. The first-order chi connectivity index (χ1) is 13.7. The van der Waals surface area contributed by atoms with Crippen LogP contribution in [0.4, 0.5) is 11.4 Å². The molecule has 0 aliphatic carbocycles. The Balaban J connectivity index is 2.01.